The van der Waals surface area contributed by atoms with Gasteiger partial charge in [0.2, 0.25) is 5.91 Å². The Kier molecular flexibility index (Phi) is 42.7. The third-order valence-electron chi connectivity index (χ3n) is 13.6. The van der Waals surface area contributed by atoms with E-state index in [-0.39, 0.29) is 18.9 Å². The fourth-order valence-corrected chi connectivity index (χ4v) is 9.73. The lowest BCUT2D eigenvalue weighted by Crippen LogP contribution is -2.61. The van der Waals surface area contributed by atoms with Gasteiger partial charge in [-0.3, -0.25) is 9.35 Å². The fourth-order valence-electron chi connectivity index (χ4n) is 9.22. The summed E-state index contributed by atoms with van der Waals surface area (Å²) >= 11 is 0. The first-order valence-corrected chi connectivity index (χ1v) is 29.4. The molecule has 0 bridgehead atoms. The van der Waals surface area contributed by atoms with Crippen molar-refractivity contribution in [3.8, 4) is 0 Å². The van der Waals surface area contributed by atoms with Crippen molar-refractivity contribution < 1.29 is 51.8 Å². The van der Waals surface area contributed by atoms with Gasteiger partial charge >= 0.3 is 10.4 Å². The van der Waals surface area contributed by atoms with Crippen LogP contribution in [0.4, 0.5) is 0 Å². The summed E-state index contributed by atoms with van der Waals surface area (Å²) in [5, 5.41) is 44.9. The Balaban J connectivity index is 2.37. The van der Waals surface area contributed by atoms with E-state index in [0.29, 0.717) is 6.42 Å². The molecule has 0 radical (unpaired) electrons. The molecule has 67 heavy (non-hydrogen) atoms. The van der Waals surface area contributed by atoms with Crippen LogP contribution in [0.5, 0.6) is 0 Å². The minimum atomic E-state index is -5.09. The van der Waals surface area contributed by atoms with Crippen LogP contribution in [-0.4, -0.2) is 95.4 Å². The Bertz CT molecular complexity index is 1240. The summed E-state index contributed by atoms with van der Waals surface area (Å²) in [6, 6.07) is -0.939. The van der Waals surface area contributed by atoms with Gasteiger partial charge in [-0.15, -0.1) is 0 Å². The maximum Gasteiger partial charge on any atom is 0.397 e. The van der Waals surface area contributed by atoms with Crippen LogP contribution in [0.15, 0.2) is 12.2 Å². The smallest absolute Gasteiger partial charge is 0.394 e. The van der Waals surface area contributed by atoms with Gasteiger partial charge in [-0.2, -0.15) is 8.42 Å². The first-order valence-electron chi connectivity index (χ1n) is 28.1. The second-order valence-corrected chi connectivity index (χ2v) is 20.9. The topological polar surface area (TPSA) is 192 Å². The number of hydrogen-bond acceptors (Lipinski definition) is 10. The molecule has 1 rings (SSSR count). The minimum absolute atomic E-state index is 0.257. The lowest BCUT2D eigenvalue weighted by molar-refractivity contribution is -0.298. The van der Waals surface area contributed by atoms with Crippen molar-refractivity contribution in [2.45, 2.75) is 314 Å². The summed E-state index contributed by atoms with van der Waals surface area (Å²) in [6.07, 6.45) is 44.0. The molecule has 7 atom stereocenters. The van der Waals surface area contributed by atoms with E-state index in [2.05, 4.69) is 23.3 Å². The SMILES string of the molecule is CCCCCCCCCCCCCCCCCCCCCCCCC/C=C/C(O)C(COC1OC(CO)C(O)C(OS(=O)(=O)O)C1O)NC(=O)CCCCCCCCCCCCCCCCC. The van der Waals surface area contributed by atoms with Crippen molar-refractivity contribution in [3.63, 3.8) is 0 Å². The molecule has 12 nitrogen and oxygen atoms in total. The van der Waals surface area contributed by atoms with E-state index >= 15 is 0 Å². The lowest BCUT2D eigenvalue weighted by atomic mass is 9.99. The summed E-state index contributed by atoms with van der Waals surface area (Å²) < 4.78 is 47.8. The Morgan fingerprint density at radius 2 is 0.940 bits per heavy atom. The van der Waals surface area contributed by atoms with E-state index in [0.717, 1.165) is 38.5 Å². The van der Waals surface area contributed by atoms with E-state index in [1.165, 1.54) is 205 Å². The highest BCUT2D eigenvalue weighted by atomic mass is 32.3. The number of amides is 1. The Hall–Kier alpha value is -1.16. The highest BCUT2D eigenvalue weighted by Gasteiger charge is 2.48. The Morgan fingerprint density at radius 3 is 1.30 bits per heavy atom. The zero-order chi connectivity index (χ0) is 49.1. The molecule has 0 aromatic rings. The molecule has 398 valence electrons. The zero-order valence-corrected chi connectivity index (χ0v) is 43.8. The summed E-state index contributed by atoms with van der Waals surface area (Å²) in [5.41, 5.74) is 0. The number of ether oxygens (including phenoxy) is 2. The molecule has 13 heteroatoms. The van der Waals surface area contributed by atoms with Crippen LogP contribution in [0.2, 0.25) is 0 Å². The van der Waals surface area contributed by atoms with Crippen molar-refractivity contribution in [1.29, 1.82) is 0 Å². The quantitative estimate of drug-likeness (QED) is 0.0193. The third-order valence-corrected chi connectivity index (χ3v) is 14.0. The number of carbonyl (C=O) groups is 1. The maximum absolute atomic E-state index is 13.1. The van der Waals surface area contributed by atoms with E-state index in [1.54, 1.807) is 6.08 Å². The molecule has 0 aromatic heterocycles. The molecular formula is C54H105NO11S. The highest BCUT2D eigenvalue weighted by molar-refractivity contribution is 7.80. The predicted octanol–water partition coefficient (Wildman–Crippen LogP) is 12.7. The zero-order valence-electron chi connectivity index (χ0n) is 43.0. The van der Waals surface area contributed by atoms with Crippen LogP contribution >= 0.6 is 0 Å². The molecule has 1 fully saturated rings. The van der Waals surface area contributed by atoms with Crippen LogP contribution < -0.4 is 5.32 Å². The number of hydrogen-bond donors (Lipinski definition) is 6. The minimum Gasteiger partial charge on any atom is -0.394 e. The maximum atomic E-state index is 13.1. The standard InChI is InChI=1S/C54H105NO11S/c1-3-5-7-9-11-13-15-17-19-20-21-22-23-24-25-26-27-28-30-31-33-35-37-39-41-43-48(57)47(46-64-54-52(60)53(66-67(61,62)63)51(59)49(45-56)65-54)55-50(58)44-42-40-38-36-34-32-29-18-16-14-12-10-8-6-4-2/h41,43,47-49,51-54,56-57,59-60H,3-40,42,44-46H2,1-2H3,(H,55,58)(H,61,62,63)/b43-41+. The number of aliphatic hydroxyl groups is 4. The van der Waals surface area contributed by atoms with Crippen LogP contribution in [0.25, 0.3) is 0 Å². The summed E-state index contributed by atoms with van der Waals surface area (Å²) in [7, 11) is -5.09. The number of allylic oxidation sites excluding steroid dienone is 1. The van der Waals surface area contributed by atoms with Gasteiger partial charge in [0, 0.05) is 6.42 Å². The van der Waals surface area contributed by atoms with Gasteiger partial charge in [0.1, 0.15) is 24.4 Å². The molecule has 1 aliphatic heterocycles. The summed E-state index contributed by atoms with van der Waals surface area (Å²) in [4.78, 5) is 13.1. The summed E-state index contributed by atoms with van der Waals surface area (Å²) in [6.45, 7) is 3.43. The first kappa shape index (κ1) is 63.9. The lowest BCUT2D eigenvalue weighted by Gasteiger charge is -2.41. The van der Waals surface area contributed by atoms with Crippen LogP contribution in [0.1, 0.15) is 271 Å². The van der Waals surface area contributed by atoms with Crippen molar-refractivity contribution in [3.05, 3.63) is 12.2 Å². The Labute approximate surface area is 410 Å². The van der Waals surface area contributed by atoms with Crippen LogP contribution in [-0.2, 0) is 28.9 Å². The van der Waals surface area contributed by atoms with Gasteiger partial charge in [0.25, 0.3) is 0 Å². The molecule has 1 saturated heterocycles. The monoisotopic (exact) mass is 976 g/mol. The van der Waals surface area contributed by atoms with Crippen molar-refractivity contribution in [2.75, 3.05) is 13.2 Å². The van der Waals surface area contributed by atoms with Crippen molar-refractivity contribution in [2.24, 2.45) is 0 Å². The van der Waals surface area contributed by atoms with Gasteiger partial charge in [-0.25, -0.2) is 4.18 Å². The first-order chi connectivity index (χ1) is 32.5. The molecule has 1 heterocycles. The van der Waals surface area contributed by atoms with Crippen molar-refractivity contribution >= 4 is 16.3 Å². The average Bonchev–Trinajstić information content (AvgIpc) is 3.30. The van der Waals surface area contributed by atoms with Gasteiger partial charge in [-0.05, 0) is 19.3 Å². The van der Waals surface area contributed by atoms with Crippen LogP contribution in [0, 0.1) is 0 Å². The normalized spacial score (nSPS) is 19.9. The average molecular weight is 976 g/mol. The van der Waals surface area contributed by atoms with Gasteiger partial charge < -0.3 is 35.2 Å². The van der Waals surface area contributed by atoms with E-state index in [1.807, 2.05) is 6.08 Å². The molecule has 0 aromatic carbocycles. The molecule has 6 N–H and O–H groups in total. The third kappa shape index (κ3) is 37.3. The van der Waals surface area contributed by atoms with Crippen LogP contribution in [0.3, 0.4) is 0 Å². The molecule has 0 saturated carbocycles. The van der Waals surface area contributed by atoms with Gasteiger partial charge in [0.05, 0.1) is 25.4 Å². The van der Waals surface area contributed by atoms with Crippen molar-refractivity contribution in [1.82, 2.24) is 5.32 Å². The number of rotatable bonds is 49. The fraction of sp³-hybridized carbons (Fsp3) is 0.944. The highest BCUT2D eigenvalue weighted by Crippen LogP contribution is 2.26. The van der Waals surface area contributed by atoms with E-state index < -0.39 is 59.9 Å². The summed E-state index contributed by atoms with van der Waals surface area (Å²) in [5.74, 6) is -0.257. The number of nitrogens with one attached hydrogen (secondary N) is 1. The van der Waals surface area contributed by atoms with Gasteiger partial charge in [-0.1, -0.05) is 257 Å². The van der Waals surface area contributed by atoms with E-state index in [4.69, 9.17) is 9.47 Å². The number of carbonyl (C=O) groups excluding carboxylic acids is 1. The molecule has 0 spiro atoms. The second kappa shape index (κ2) is 44.8. The molecule has 1 amide bonds. The Morgan fingerprint density at radius 1 is 0.582 bits per heavy atom. The molecule has 0 aliphatic carbocycles. The van der Waals surface area contributed by atoms with E-state index in [9.17, 15) is 38.2 Å². The predicted molar refractivity (Wildman–Crippen MR) is 273 cm³/mol. The number of unbranched alkanes of at least 4 members (excludes halogenated alkanes) is 37. The molecule has 7 unspecified atom stereocenters. The second-order valence-electron chi connectivity index (χ2n) is 19.9. The number of aliphatic hydroxyl groups excluding tert-OH is 4. The largest absolute Gasteiger partial charge is 0.397 e. The van der Waals surface area contributed by atoms with Gasteiger partial charge in [0.15, 0.2) is 6.29 Å². The molecular weight excluding hydrogens is 871 g/mol. The molecule has 1 aliphatic rings.